The van der Waals surface area contributed by atoms with Gasteiger partial charge in [-0.3, -0.25) is 4.98 Å². The van der Waals surface area contributed by atoms with Gasteiger partial charge in [0, 0.05) is 12.4 Å². The standard InChI is InChI=1S/C31H22N4/c32-28-15-14-22(20-29(28)35-34-23-16-18-33-19-17-23)31-26-12-6-4-10-24(26)30(21-8-2-1-3-9-21)25-11-5-7-13-27(25)31/h1-20H,32H2. The Kier molecular flexibility index (Phi) is 5.24. The predicted octanol–water partition coefficient (Wildman–Crippen LogP) is 8.72. The molecule has 0 spiro atoms. The van der Waals surface area contributed by atoms with Crippen LogP contribution < -0.4 is 5.73 Å². The number of azo groups is 1. The van der Waals surface area contributed by atoms with Crippen LogP contribution in [0.25, 0.3) is 43.8 Å². The second-order valence-electron chi connectivity index (χ2n) is 8.39. The fourth-order valence-corrected chi connectivity index (χ4v) is 4.66. The molecule has 0 amide bonds. The molecule has 0 aliphatic heterocycles. The van der Waals surface area contributed by atoms with E-state index in [1.165, 1.54) is 32.7 Å². The molecule has 5 aromatic carbocycles. The van der Waals surface area contributed by atoms with Crippen LogP contribution in [0.5, 0.6) is 0 Å². The minimum Gasteiger partial charge on any atom is -0.397 e. The van der Waals surface area contributed by atoms with Crippen molar-refractivity contribution in [3.8, 4) is 22.3 Å². The molecular formula is C31H22N4. The van der Waals surface area contributed by atoms with Crippen molar-refractivity contribution in [3.63, 3.8) is 0 Å². The second kappa shape index (κ2) is 8.84. The van der Waals surface area contributed by atoms with Crippen molar-refractivity contribution in [2.45, 2.75) is 0 Å². The van der Waals surface area contributed by atoms with Gasteiger partial charge in [0.2, 0.25) is 0 Å². The first-order chi connectivity index (χ1) is 17.3. The number of hydrogen-bond acceptors (Lipinski definition) is 4. The maximum absolute atomic E-state index is 6.29. The van der Waals surface area contributed by atoms with Crippen LogP contribution in [0.15, 0.2) is 132 Å². The maximum Gasteiger partial charge on any atom is 0.109 e. The zero-order valence-corrected chi connectivity index (χ0v) is 19.0. The van der Waals surface area contributed by atoms with E-state index in [0.717, 1.165) is 16.8 Å². The van der Waals surface area contributed by atoms with E-state index in [0.29, 0.717) is 11.4 Å². The van der Waals surface area contributed by atoms with E-state index >= 15 is 0 Å². The number of pyridine rings is 1. The lowest BCUT2D eigenvalue weighted by Crippen LogP contribution is -1.91. The number of rotatable bonds is 4. The SMILES string of the molecule is Nc1ccc(-c2c3ccccc3c(-c3ccccc3)c3ccccc23)cc1N=Nc1ccncc1. The lowest BCUT2D eigenvalue weighted by Gasteiger charge is -2.18. The Hall–Kier alpha value is -4.83. The lowest BCUT2D eigenvalue weighted by atomic mass is 9.86. The van der Waals surface area contributed by atoms with Crippen LogP contribution in [0.1, 0.15) is 0 Å². The van der Waals surface area contributed by atoms with Crippen molar-refractivity contribution in [1.82, 2.24) is 4.98 Å². The second-order valence-corrected chi connectivity index (χ2v) is 8.39. The zero-order valence-electron chi connectivity index (χ0n) is 19.0. The summed E-state index contributed by atoms with van der Waals surface area (Å²) >= 11 is 0. The van der Waals surface area contributed by atoms with Crippen molar-refractivity contribution in [2.24, 2.45) is 10.2 Å². The van der Waals surface area contributed by atoms with Crippen LogP contribution in [0.2, 0.25) is 0 Å². The van der Waals surface area contributed by atoms with Gasteiger partial charge in [0.1, 0.15) is 5.69 Å². The summed E-state index contributed by atoms with van der Waals surface area (Å²) in [4.78, 5) is 4.03. The number of fused-ring (bicyclic) bond motifs is 2. The minimum absolute atomic E-state index is 0.584. The van der Waals surface area contributed by atoms with Gasteiger partial charge in [-0.1, -0.05) is 84.9 Å². The van der Waals surface area contributed by atoms with Gasteiger partial charge in [-0.05, 0) is 68.1 Å². The lowest BCUT2D eigenvalue weighted by molar-refractivity contribution is 1.21. The molecule has 0 atom stereocenters. The first-order valence-electron chi connectivity index (χ1n) is 11.5. The van der Waals surface area contributed by atoms with Gasteiger partial charge in [-0.15, -0.1) is 5.11 Å². The Balaban J connectivity index is 1.62. The van der Waals surface area contributed by atoms with E-state index < -0.39 is 0 Å². The third-order valence-electron chi connectivity index (χ3n) is 6.25. The van der Waals surface area contributed by atoms with Crippen LogP contribution in [0.4, 0.5) is 17.1 Å². The van der Waals surface area contributed by atoms with E-state index in [9.17, 15) is 0 Å². The monoisotopic (exact) mass is 450 g/mol. The number of nitrogens with zero attached hydrogens (tertiary/aromatic N) is 3. The van der Waals surface area contributed by atoms with E-state index in [4.69, 9.17) is 5.73 Å². The molecule has 1 heterocycles. The molecule has 35 heavy (non-hydrogen) atoms. The number of nitrogens with two attached hydrogens (primary N) is 1. The van der Waals surface area contributed by atoms with Gasteiger partial charge in [-0.25, -0.2) is 0 Å². The molecule has 6 aromatic rings. The van der Waals surface area contributed by atoms with E-state index in [1.807, 2.05) is 24.3 Å². The van der Waals surface area contributed by atoms with Crippen molar-refractivity contribution in [2.75, 3.05) is 5.73 Å². The summed E-state index contributed by atoms with van der Waals surface area (Å²) in [5.41, 5.74) is 12.9. The number of aromatic nitrogens is 1. The molecule has 0 aliphatic carbocycles. The summed E-state index contributed by atoms with van der Waals surface area (Å²) in [6.45, 7) is 0. The van der Waals surface area contributed by atoms with Crippen LogP contribution in [-0.4, -0.2) is 4.98 Å². The van der Waals surface area contributed by atoms with Gasteiger partial charge in [0.25, 0.3) is 0 Å². The average Bonchev–Trinajstić information content (AvgIpc) is 2.92. The molecule has 0 saturated carbocycles. The van der Waals surface area contributed by atoms with Gasteiger partial charge in [0.15, 0.2) is 0 Å². The molecule has 0 saturated heterocycles. The van der Waals surface area contributed by atoms with Crippen molar-refractivity contribution in [3.05, 3.63) is 122 Å². The van der Waals surface area contributed by atoms with E-state index in [-0.39, 0.29) is 0 Å². The maximum atomic E-state index is 6.29. The Morgan fingerprint density at radius 1 is 0.514 bits per heavy atom. The van der Waals surface area contributed by atoms with E-state index in [1.54, 1.807) is 12.4 Å². The highest BCUT2D eigenvalue weighted by molar-refractivity contribution is 6.21. The summed E-state index contributed by atoms with van der Waals surface area (Å²) < 4.78 is 0. The number of anilines is 1. The quantitative estimate of drug-likeness (QED) is 0.166. The Bertz CT molecular complexity index is 1630. The van der Waals surface area contributed by atoms with Crippen molar-refractivity contribution < 1.29 is 0 Å². The normalized spacial score (nSPS) is 11.4. The van der Waals surface area contributed by atoms with Crippen molar-refractivity contribution in [1.29, 1.82) is 0 Å². The van der Waals surface area contributed by atoms with Crippen LogP contribution in [0.3, 0.4) is 0 Å². The first-order valence-corrected chi connectivity index (χ1v) is 11.5. The molecule has 1 aromatic heterocycles. The molecule has 4 nitrogen and oxygen atoms in total. The van der Waals surface area contributed by atoms with Gasteiger partial charge in [0.05, 0.1) is 11.4 Å². The highest BCUT2D eigenvalue weighted by atomic mass is 15.1. The minimum atomic E-state index is 0.584. The third kappa shape index (κ3) is 3.81. The molecule has 0 bridgehead atoms. The molecule has 6 rings (SSSR count). The fraction of sp³-hybridized carbons (Fsp3) is 0. The molecule has 0 unspecified atom stereocenters. The fourth-order valence-electron chi connectivity index (χ4n) is 4.66. The largest absolute Gasteiger partial charge is 0.397 e. The first kappa shape index (κ1) is 20.8. The summed E-state index contributed by atoms with van der Waals surface area (Å²) in [5.74, 6) is 0. The van der Waals surface area contributed by atoms with Crippen molar-refractivity contribution >= 4 is 38.6 Å². The predicted molar refractivity (Wildman–Crippen MR) is 145 cm³/mol. The molecule has 0 fully saturated rings. The highest BCUT2D eigenvalue weighted by Gasteiger charge is 2.16. The van der Waals surface area contributed by atoms with Gasteiger partial charge >= 0.3 is 0 Å². The summed E-state index contributed by atoms with van der Waals surface area (Å²) in [6.07, 6.45) is 3.39. The average molecular weight is 451 g/mol. The molecule has 0 radical (unpaired) electrons. The van der Waals surface area contributed by atoms with Crippen LogP contribution in [-0.2, 0) is 0 Å². The van der Waals surface area contributed by atoms with Gasteiger partial charge in [-0.2, -0.15) is 5.11 Å². The Morgan fingerprint density at radius 2 is 1.06 bits per heavy atom. The third-order valence-corrected chi connectivity index (χ3v) is 6.25. The van der Waals surface area contributed by atoms with Crippen LogP contribution in [0, 0.1) is 0 Å². The summed E-state index contributed by atoms with van der Waals surface area (Å²) in [6, 6.07) is 37.4. The van der Waals surface area contributed by atoms with E-state index in [2.05, 4.69) is 100 Å². The molecular weight excluding hydrogens is 428 g/mol. The van der Waals surface area contributed by atoms with Gasteiger partial charge < -0.3 is 5.73 Å². The Morgan fingerprint density at radius 3 is 1.66 bits per heavy atom. The number of nitrogen functional groups attached to an aromatic ring is 1. The smallest absolute Gasteiger partial charge is 0.109 e. The number of hydrogen-bond donors (Lipinski definition) is 1. The molecule has 4 heteroatoms. The van der Waals surface area contributed by atoms with Crippen LogP contribution >= 0.6 is 0 Å². The zero-order chi connectivity index (χ0) is 23.6. The molecule has 0 aliphatic rings. The molecule has 2 N–H and O–H groups in total. The Labute approximate surface area is 203 Å². The topological polar surface area (TPSA) is 63.6 Å². The summed E-state index contributed by atoms with van der Waals surface area (Å²) in [5, 5.41) is 13.6. The summed E-state index contributed by atoms with van der Waals surface area (Å²) in [7, 11) is 0. The highest BCUT2D eigenvalue weighted by Crippen LogP contribution is 2.44. The number of benzene rings is 5. The molecule has 166 valence electrons.